The number of nitrogens with one attached hydrogen (secondary N) is 1. The Labute approximate surface area is 101 Å². The summed E-state index contributed by atoms with van der Waals surface area (Å²) in [5, 5.41) is 3.36. The van der Waals surface area contributed by atoms with Crippen molar-refractivity contribution in [1.29, 1.82) is 0 Å². The molecule has 0 aromatic rings. The third-order valence-corrected chi connectivity index (χ3v) is 3.42. The number of hydrogen-bond acceptors (Lipinski definition) is 3. The van der Waals surface area contributed by atoms with Crippen molar-refractivity contribution in [2.45, 2.75) is 58.3 Å². The van der Waals surface area contributed by atoms with Crippen molar-refractivity contribution in [3.8, 4) is 0 Å². The number of rotatable bonds is 6. The lowest BCUT2D eigenvalue weighted by molar-refractivity contribution is -0.0682. The Hall–Kier alpha value is -0.120. The Morgan fingerprint density at radius 2 is 1.94 bits per heavy atom. The summed E-state index contributed by atoms with van der Waals surface area (Å²) in [7, 11) is 2.06. The van der Waals surface area contributed by atoms with E-state index >= 15 is 0 Å². The van der Waals surface area contributed by atoms with Crippen LogP contribution in [0.2, 0.25) is 0 Å². The fourth-order valence-corrected chi connectivity index (χ4v) is 2.58. The van der Waals surface area contributed by atoms with Gasteiger partial charge in [-0.05, 0) is 46.7 Å². The number of nitrogens with zero attached hydrogens (tertiary/aromatic N) is 1. The molecule has 1 fully saturated rings. The van der Waals surface area contributed by atoms with Gasteiger partial charge in [-0.1, -0.05) is 6.92 Å². The fourth-order valence-electron chi connectivity index (χ4n) is 2.58. The van der Waals surface area contributed by atoms with Crippen LogP contribution >= 0.6 is 0 Å². The van der Waals surface area contributed by atoms with Crippen LogP contribution in [0, 0.1) is 0 Å². The highest BCUT2D eigenvalue weighted by Crippen LogP contribution is 2.12. The molecule has 3 nitrogen and oxygen atoms in total. The van der Waals surface area contributed by atoms with Gasteiger partial charge >= 0.3 is 0 Å². The standard InChI is InChI=1S/C13H28N2O/c1-5-13(14-4)7-6-8-15-9-11(2)16-12(3)10-15/h11-14H,5-10H2,1-4H3/t11-,12+,13?. The number of hydrogen-bond donors (Lipinski definition) is 1. The SMILES string of the molecule is CCC(CCCN1C[C@@H](C)O[C@@H](C)C1)NC. The van der Waals surface area contributed by atoms with E-state index in [9.17, 15) is 0 Å². The Morgan fingerprint density at radius 3 is 2.44 bits per heavy atom. The lowest BCUT2D eigenvalue weighted by atomic mass is 10.1. The molecule has 0 amide bonds. The van der Waals surface area contributed by atoms with Gasteiger partial charge in [0, 0.05) is 19.1 Å². The average molecular weight is 228 g/mol. The molecule has 3 atom stereocenters. The van der Waals surface area contributed by atoms with Gasteiger partial charge in [-0.2, -0.15) is 0 Å². The quantitative estimate of drug-likeness (QED) is 0.751. The maximum atomic E-state index is 5.73. The van der Waals surface area contributed by atoms with Crippen molar-refractivity contribution >= 4 is 0 Å². The lowest BCUT2D eigenvalue weighted by Gasteiger charge is -2.35. The van der Waals surface area contributed by atoms with E-state index in [1.165, 1.54) is 25.8 Å². The van der Waals surface area contributed by atoms with Gasteiger partial charge in [-0.15, -0.1) is 0 Å². The molecule has 0 aromatic carbocycles. The normalized spacial score (nSPS) is 29.2. The van der Waals surface area contributed by atoms with Crippen LogP contribution in [0.3, 0.4) is 0 Å². The van der Waals surface area contributed by atoms with Crippen molar-refractivity contribution < 1.29 is 4.74 Å². The molecule has 1 N–H and O–H groups in total. The zero-order chi connectivity index (χ0) is 12.0. The minimum Gasteiger partial charge on any atom is -0.373 e. The van der Waals surface area contributed by atoms with E-state index in [1.807, 2.05) is 0 Å². The van der Waals surface area contributed by atoms with Gasteiger partial charge in [0.05, 0.1) is 12.2 Å². The van der Waals surface area contributed by atoms with Gasteiger partial charge in [-0.3, -0.25) is 4.90 Å². The molecule has 1 aliphatic rings. The van der Waals surface area contributed by atoms with Crippen LogP contribution in [0.15, 0.2) is 0 Å². The summed E-state index contributed by atoms with van der Waals surface area (Å²) in [4.78, 5) is 2.54. The zero-order valence-corrected chi connectivity index (χ0v) is 11.3. The average Bonchev–Trinajstić information content (AvgIpc) is 2.23. The summed E-state index contributed by atoms with van der Waals surface area (Å²) < 4.78 is 5.73. The van der Waals surface area contributed by atoms with E-state index < -0.39 is 0 Å². The van der Waals surface area contributed by atoms with Gasteiger partial charge in [0.2, 0.25) is 0 Å². The van der Waals surface area contributed by atoms with Crippen molar-refractivity contribution in [3.63, 3.8) is 0 Å². The minimum absolute atomic E-state index is 0.398. The first-order valence-corrected chi connectivity index (χ1v) is 6.70. The van der Waals surface area contributed by atoms with E-state index in [4.69, 9.17) is 4.74 Å². The molecule has 1 unspecified atom stereocenters. The first-order valence-electron chi connectivity index (χ1n) is 6.70. The van der Waals surface area contributed by atoms with Gasteiger partial charge in [0.25, 0.3) is 0 Å². The smallest absolute Gasteiger partial charge is 0.0678 e. The molecule has 1 rings (SSSR count). The Kier molecular flexibility index (Phi) is 6.32. The molecule has 1 aliphatic heterocycles. The maximum absolute atomic E-state index is 5.73. The highest BCUT2D eigenvalue weighted by molar-refractivity contribution is 4.73. The summed E-state index contributed by atoms with van der Waals surface area (Å²) in [5.74, 6) is 0. The minimum atomic E-state index is 0.398. The predicted molar refractivity (Wildman–Crippen MR) is 68.8 cm³/mol. The molecular formula is C13H28N2O. The van der Waals surface area contributed by atoms with Gasteiger partial charge in [0.1, 0.15) is 0 Å². The molecule has 0 radical (unpaired) electrons. The van der Waals surface area contributed by atoms with Crippen LogP contribution < -0.4 is 5.32 Å². The predicted octanol–water partition coefficient (Wildman–Crippen LogP) is 1.87. The largest absolute Gasteiger partial charge is 0.373 e. The molecule has 0 spiro atoms. The summed E-state index contributed by atoms with van der Waals surface area (Å²) in [6.07, 6.45) is 4.60. The molecule has 3 heteroatoms. The Morgan fingerprint density at radius 1 is 1.31 bits per heavy atom. The molecule has 0 aliphatic carbocycles. The first-order chi connectivity index (χ1) is 7.65. The maximum Gasteiger partial charge on any atom is 0.0678 e. The molecule has 96 valence electrons. The van der Waals surface area contributed by atoms with Gasteiger partial charge < -0.3 is 10.1 Å². The Balaban J connectivity index is 2.16. The van der Waals surface area contributed by atoms with Crippen molar-refractivity contribution in [3.05, 3.63) is 0 Å². The zero-order valence-electron chi connectivity index (χ0n) is 11.3. The Bertz CT molecular complexity index is 173. The molecule has 0 saturated carbocycles. The molecule has 1 heterocycles. The van der Waals surface area contributed by atoms with E-state index in [0.29, 0.717) is 18.2 Å². The van der Waals surface area contributed by atoms with Crippen molar-refractivity contribution in [1.82, 2.24) is 10.2 Å². The lowest BCUT2D eigenvalue weighted by Crippen LogP contribution is -2.45. The fraction of sp³-hybridized carbons (Fsp3) is 1.00. The molecule has 16 heavy (non-hydrogen) atoms. The summed E-state index contributed by atoms with van der Waals surface area (Å²) in [6, 6.07) is 0.691. The third kappa shape index (κ3) is 4.81. The second-order valence-corrected chi connectivity index (χ2v) is 5.05. The van der Waals surface area contributed by atoms with E-state index in [1.54, 1.807) is 0 Å². The summed E-state index contributed by atoms with van der Waals surface area (Å²) in [6.45, 7) is 10.0. The van der Waals surface area contributed by atoms with Crippen LogP contribution in [0.4, 0.5) is 0 Å². The van der Waals surface area contributed by atoms with Crippen LogP contribution in [0.5, 0.6) is 0 Å². The third-order valence-electron chi connectivity index (χ3n) is 3.42. The van der Waals surface area contributed by atoms with Crippen LogP contribution in [0.1, 0.15) is 40.0 Å². The topological polar surface area (TPSA) is 24.5 Å². The first kappa shape index (κ1) is 13.9. The number of ether oxygens (including phenoxy) is 1. The molecule has 0 bridgehead atoms. The van der Waals surface area contributed by atoms with Crippen molar-refractivity contribution in [2.24, 2.45) is 0 Å². The molecule has 1 saturated heterocycles. The summed E-state index contributed by atoms with van der Waals surface area (Å²) in [5.41, 5.74) is 0. The van der Waals surface area contributed by atoms with Crippen LogP contribution in [-0.4, -0.2) is 49.8 Å². The second-order valence-electron chi connectivity index (χ2n) is 5.05. The van der Waals surface area contributed by atoms with E-state index in [2.05, 4.69) is 38.0 Å². The van der Waals surface area contributed by atoms with Crippen LogP contribution in [0.25, 0.3) is 0 Å². The van der Waals surface area contributed by atoms with Crippen LogP contribution in [-0.2, 0) is 4.74 Å². The van der Waals surface area contributed by atoms with E-state index in [-0.39, 0.29) is 0 Å². The highest BCUT2D eigenvalue weighted by atomic mass is 16.5. The monoisotopic (exact) mass is 228 g/mol. The van der Waals surface area contributed by atoms with E-state index in [0.717, 1.165) is 13.1 Å². The van der Waals surface area contributed by atoms with Gasteiger partial charge in [-0.25, -0.2) is 0 Å². The molecule has 0 aromatic heterocycles. The second kappa shape index (κ2) is 7.25. The van der Waals surface area contributed by atoms with Gasteiger partial charge in [0.15, 0.2) is 0 Å². The van der Waals surface area contributed by atoms with Crippen molar-refractivity contribution in [2.75, 3.05) is 26.7 Å². The highest BCUT2D eigenvalue weighted by Gasteiger charge is 2.21. The summed E-state index contributed by atoms with van der Waals surface area (Å²) >= 11 is 0. The number of morpholine rings is 1. The molecular weight excluding hydrogens is 200 g/mol.